The minimum absolute atomic E-state index is 0.0893. The molecule has 2 atom stereocenters. The third-order valence-corrected chi connectivity index (χ3v) is 5.96. The molecule has 1 aliphatic heterocycles. The van der Waals surface area contributed by atoms with E-state index in [-0.39, 0.29) is 34.8 Å². The van der Waals surface area contributed by atoms with Crippen molar-refractivity contribution in [1.82, 2.24) is 5.32 Å². The van der Waals surface area contributed by atoms with Gasteiger partial charge >= 0.3 is 0 Å². The summed E-state index contributed by atoms with van der Waals surface area (Å²) >= 11 is 0. The summed E-state index contributed by atoms with van der Waals surface area (Å²) in [5.74, 6) is -0.377. The lowest BCUT2D eigenvalue weighted by Crippen LogP contribution is -2.52. The minimum atomic E-state index is -0.993. The number of nitro benzene ring substituents is 1. The summed E-state index contributed by atoms with van der Waals surface area (Å²) in [5.41, 5.74) is 0.308. The van der Waals surface area contributed by atoms with Crippen molar-refractivity contribution in [2.45, 2.75) is 50.9 Å². The van der Waals surface area contributed by atoms with Crippen LogP contribution in [0.25, 0.3) is 0 Å². The molecule has 0 radical (unpaired) electrons. The van der Waals surface area contributed by atoms with Crippen LogP contribution in [0.2, 0.25) is 0 Å². The number of carbonyl (C=O) groups is 1. The first-order chi connectivity index (χ1) is 15.2. The first-order valence-corrected chi connectivity index (χ1v) is 10.6. The summed E-state index contributed by atoms with van der Waals surface area (Å²) in [4.78, 5) is 23.3. The fourth-order valence-corrected chi connectivity index (χ4v) is 3.91. The predicted molar refractivity (Wildman–Crippen MR) is 116 cm³/mol. The first kappa shape index (κ1) is 22.2. The average Bonchev–Trinajstić information content (AvgIpc) is 3.57. The maximum Gasteiger partial charge on any atom is 0.296 e. The number of fused-ring (bicyclic) bond motifs is 1. The number of amides is 1. The molecule has 8 nitrogen and oxygen atoms in total. The van der Waals surface area contributed by atoms with Gasteiger partial charge in [-0.05, 0) is 63.4 Å². The summed E-state index contributed by atoms with van der Waals surface area (Å²) in [6, 6.07) is 8.43. The van der Waals surface area contributed by atoms with E-state index in [2.05, 4.69) is 10.6 Å². The number of nitrogens with one attached hydrogen (secondary N) is 2. The number of nitrogens with zero attached hydrogens (tertiary/aromatic N) is 1. The highest BCUT2D eigenvalue weighted by Gasteiger charge is 2.44. The zero-order chi connectivity index (χ0) is 23.0. The second-order valence-electron chi connectivity index (χ2n) is 8.89. The van der Waals surface area contributed by atoms with Crippen LogP contribution >= 0.6 is 0 Å². The van der Waals surface area contributed by atoms with Crippen molar-refractivity contribution < 1.29 is 24.0 Å². The number of aliphatic hydroxyl groups excluding tert-OH is 1. The molecule has 4 rings (SSSR count). The lowest BCUT2D eigenvalue weighted by molar-refractivity contribution is -0.384. The quantitative estimate of drug-likeness (QED) is 0.446. The lowest BCUT2D eigenvalue weighted by atomic mass is 9.86. The van der Waals surface area contributed by atoms with E-state index in [1.807, 2.05) is 0 Å². The van der Waals surface area contributed by atoms with Crippen molar-refractivity contribution in [2.75, 3.05) is 11.9 Å². The van der Waals surface area contributed by atoms with E-state index in [0.717, 1.165) is 18.4 Å². The Bertz CT molecular complexity index is 1040. The zero-order valence-electron chi connectivity index (χ0n) is 17.9. The van der Waals surface area contributed by atoms with Gasteiger partial charge in [-0.25, -0.2) is 4.39 Å². The second kappa shape index (κ2) is 8.48. The number of ether oxygens (including phenoxy) is 1. The molecule has 3 N–H and O–H groups in total. The topological polar surface area (TPSA) is 114 Å². The number of benzene rings is 2. The molecular formula is C23H26FN3O5. The summed E-state index contributed by atoms with van der Waals surface area (Å²) in [6.07, 6.45) is 1.19. The van der Waals surface area contributed by atoms with Gasteiger partial charge in [0.05, 0.1) is 17.0 Å². The molecule has 1 heterocycles. The van der Waals surface area contributed by atoms with E-state index in [1.165, 1.54) is 24.3 Å². The van der Waals surface area contributed by atoms with Gasteiger partial charge in [-0.2, -0.15) is 0 Å². The van der Waals surface area contributed by atoms with E-state index in [9.17, 15) is 24.4 Å². The molecule has 32 heavy (non-hydrogen) atoms. The largest absolute Gasteiger partial charge is 0.484 e. The number of aliphatic hydroxyl groups is 1. The summed E-state index contributed by atoms with van der Waals surface area (Å²) in [5, 5.41) is 28.6. The maximum atomic E-state index is 13.1. The molecule has 1 amide bonds. The molecule has 0 unspecified atom stereocenters. The summed E-state index contributed by atoms with van der Waals surface area (Å²) in [6.45, 7) is 3.90. The minimum Gasteiger partial charge on any atom is -0.484 e. The molecule has 170 valence electrons. The number of carbonyl (C=O) groups excluding carboxylic acids is 1. The molecular weight excluding hydrogens is 417 g/mol. The summed E-state index contributed by atoms with van der Waals surface area (Å²) in [7, 11) is 0. The molecule has 1 aliphatic carbocycles. The number of anilines is 1. The van der Waals surface area contributed by atoms with Crippen molar-refractivity contribution in [1.29, 1.82) is 0 Å². The Morgan fingerprint density at radius 3 is 2.59 bits per heavy atom. The lowest BCUT2D eigenvalue weighted by Gasteiger charge is -2.42. The molecule has 0 aromatic heterocycles. The Labute approximate surface area is 184 Å². The Hall–Kier alpha value is -3.04. The van der Waals surface area contributed by atoms with E-state index in [0.29, 0.717) is 18.5 Å². The molecule has 2 aromatic carbocycles. The van der Waals surface area contributed by atoms with Crippen LogP contribution in [0.15, 0.2) is 36.4 Å². The van der Waals surface area contributed by atoms with Gasteiger partial charge < -0.3 is 20.5 Å². The Morgan fingerprint density at radius 2 is 1.97 bits per heavy atom. The summed E-state index contributed by atoms with van der Waals surface area (Å²) < 4.78 is 19.0. The van der Waals surface area contributed by atoms with Gasteiger partial charge in [0.2, 0.25) is 5.91 Å². The molecule has 0 spiro atoms. The molecule has 0 bridgehead atoms. The van der Waals surface area contributed by atoms with Crippen molar-refractivity contribution in [3.63, 3.8) is 0 Å². The second-order valence-corrected chi connectivity index (χ2v) is 8.89. The van der Waals surface area contributed by atoms with Crippen molar-refractivity contribution >= 4 is 17.3 Å². The smallest absolute Gasteiger partial charge is 0.296 e. The van der Waals surface area contributed by atoms with Crippen molar-refractivity contribution in [3.8, 4) is 5.75 Å². The molecule has 1 fully saturated rings. The first-order valence-electron chi connectivity index (χ1n) is 10.6. The molecule has 2 aromatic rings. The zero-order valence-corrected chi connectivity index (χ0v) is 17.9. The van der Waals surface area contributed by atoms with Gasteiger partial charge in [0.25, 0.3) is 5.69 Å². The fourth-order valence-electron chi connectivity index (χ4n) is 3.91. The highest BCUT2D eigenvalue weighted by atomic mass is 19.1. The van der Waals surface area contributed by atoms with Gasteiger partial charge in [-0.1, -0.05) is 12.1 Å². The molecule has 1 saturated carbocycles. The Kier molecular flexibility index (Phi) is 5.87. The SMILES string of the molecule is CC1(C)Oc2cc([N+](=O)[O-])c(NC(=O)C3CC3)cc2[C@H](NCCc2ccc(F)cc2)[C@H]1O. The van der Waals surface area contributed by atoms with Gasteiger partial charge in [-0.15, -0.1) is 0 Å². The van der Waals surface area contributed by atoms with E-state index in [1.54, 1.807) is 26.0 Å². The van der Waals surface area contributed by atoms with Crippen LogP contribution in [0.1, 0.15) is 43.9 Å². The van der Waals surface area contributed by atoms with Crippen molar-refractivity contribution in [2.24, 2.45) is 5.92 Å². The third-order valence-electron chi connectivity index (χ3n) is 5.96. The highest BCUT2D eigenvalue weighted by molar-refractivity contribution is 5.96. The van der Waals surface area contributed by atoms with E-state index >= 15 is 0 Å². The molecule has 0 saturated heterocycles. The molecule has 2 aliphatic rings. The number of nitro groups is 1. The highest BCUT2D eigenvalue weighted by Crippen LogP contribution is 2.44. The Morgan fingerprint density at radius 1 is 1.28 bits per heavy atom. The van der Waals surface area contributed by atoms with Crippen LogP contribution in [0.4, 0.5) is 15.8 Å². The third kappa shape index (κ3) is 4.58. The number of hydrogen-bond donors (Lipinski definition) is 3. The molecule has 9 heteroatoms. The van der Waals surface area contributed by atoms with Gasteiger partial charge in [0.15, 0.2) is 0 Å². The van der Waals surface area contributed by atoms with Crippen LogP contribution in [-0.2, 0) is 11.2 Å². The van der Waals surface area contributed by atoms with E-state index < -0.39 is 22.7 Å². The van der Waals surface area contributed by atoms with Gasteiger partial charge in [0, 0.05) is 11.5 Å². The van der Waals surface area contributed by atoms with Crippen LogP contribution < -0.4 is 15.4 Å². The van der Waals surface area contributed by atoms with Crippen LogP contribution in [0.3, 0.4) is 0 Å². The fraction of sp³-hybridized carbons (Fsp3) is 0.435. The van der Waals surface area contributed by atoms with Gasteiger partial charge in [0.1, 0.15) is 29.0 Å². The van der Waals surface area contributed by atoms with Crippen molar-refractivity contribution in [3.05, 3.63) is 63.5 Å². The van der Waals surface area contributed by atoms with Crippen LogP contribution in [-0.4, -0.2) is 34.2 Å². The van der Waals surface area contributed by atoms with Crippen LogP contribution in [0.5, 0.6) is 5.75 Å². The standard InChI is InChI=1S/C23H26FN3O5/c1-23(2)21(28)20(25-10-9-13-3-7-15(24)8-4-13)16-11-17(26-22(29)14-5-6-14)18(27(30)31)12-19(16)32-23/h3-4,7-8,11-12,14,20-21,25,28H,5-6,9-10H2,1-2H3,(H,26,29)/t20-,21+/m0/s1. The van der Waals surface area contributed by atoms with Gasteiger partial charge in [-0.3, -0.25) is 14.9 Å². The Balaban J connectivity index is 1.62. The monoisotopic (exact) mass is 443 g/mol. The van der Waals surface area contributed by atoms with Crippen LogP contribution in [0, 0.1) is 21.8 Å². The van der Waals surface area contributed by atoms with E-state index in [4.69, 9.17) is 4.74 Å². The maximum absolute atomic E-state index is 13.1. The predicted octanol–water partition coefficient (Wildman–Crippen LogP) is 3.49. The number of rotatable bonds is 7. The number of halogens is 1. The normalized spacial score (nSPS) is 21.4. The average molecular weight is 443 g/mol. The number of hydrogen-bond acceptors (Lipinski definition) is 6.